The van der Waals surface area contributed by atoms with E-state index in [1.165, 1.54) is 0 Å². The fourth-order valence-corrected chi connectivity index (χ4v) is 2.27. The molecule has 1 aliphatic rings. The Morgan fingerprint density at radius 2 is 2.13 bits per heavy atom. The summed E-state index contributed by atoms with van der Waals surface area (Å²) in [5.74, 6) is 1.65. The number of nitrogens with two attached hydrogens (primary N) is 1. The van der Waals surface area contributed by atoms with Crippen molar-refractivity contribution in [1.82, 2.24) is 4.90 Å². The number of piperidine rings is 1. The molecule has 0 radical (unpaired) electrons. The van der Waals surface area contributed by atoms with Gasteiger partial charge in [-0.25, -0.2) is 0 Å². The molecule has 0 amide bonds. The van der Waals surface area contributed by atoms with Crippen molar-refractivity contribution in [2.24, 2.45) is 23.5 Å². The van der Waals surface area contributed by atoms with Crippen LogP contribution in [0.25, 0.3) is 0 Å². The molecule has 3 N–H and O–H groups in total. The fraction of sp³-hybridized carbons (Fsp3) is 1.00. The summed E-state index contributed by atoms with van der Waals surface area (Å²) in [4.78, 5) is 2.45. The number of nitrogens with zero attached hydrogens (tertiary/aromatic N) is 1. The molecular weight excluding hydrogens is 188 g/mol. The summed E-state index contributed by atoms with van der Waals surface area (Å²) in [6.07, 6.45) is 0.813. The largest absolute Gasteiger partial charge is 0.393 e. The van der Waals surface area contributed by atoms with Crippen molar-refractivity contribution in [2.75, 3.05) is 26.2 Å². The average molecular weight is 214 g/mol. The van der Waals surface area contributed by atoms with Crippen molar-refractivity contribution in [3.63, 3.8) is 0 Å². The van der Waals surface area contributed by atoms with Gasteiger partial charge in [-0.3, -0.25) is 0 Å². The van der Waals surface area contributed by atoms with Crippen LogP contribution in [0.3, 0.4) is 0 Å². The van der Waals surface area contributed by atoms with Crippen molar-refractivity contribution < 1.29 is 5.11 Å². The Balaban J connectivity index is 2.38. The number of likely N-dealkylation sites (tertiary alicyclic amines) is 1. The van der Waals surface area contributed by atoms with Gasteiger partial charge >= 0.3 is 0 Å². The van der Waals surface area contributed by atoms with Gasteiger partial charge in [0.05, 0.1) is 6.10 Å². The molecule has 0 saturated carbocycles. The van der Waals surface area contributed by atoms with Gasteiger partial charge in [0.1, 0.15) is 0 Å². The summed E-state index contributed by atoms with van der Waals surface area (Å²) < 4.78 is 0. The summed E-state index contributed by atoms with van der Waals surface area (Å²) in [5, 5.41) is 9.64. The van der Waals surface area contributed by atoms with Crippen LogP contribution in [0.2, 0.25) is 0 Å². The molecule has 1 rings (SSSR count). The van der Waals surface area contributed by atoms with Gasteiger partial charge in [0.25, 0.3) is 0 Å². The molecule has 1 heterocycles. The average Bonchev–Trinajstić information content (AvgIpc) is 2.19. The van der Waals surface area contributed by atoms with Crippen LogP contribution >= 0.6 is 0 Å². The summed E-state index contributed by atoms with van der Waals surface area (Å²) in [5.41, 5.74) is 5.78. The summed E-state index contributed by atoms with van der Waals surface area (Å²) in [7, 11) is 0. The van der Waals surface area contributed by atoms with Gasteiger partial charge in [0, 0.05) is 19.6 Å². The maximum absolute atomic E-state index is 9.64. The molecule has 90 valence electrons. The molecule has 0 spiro atoms. The molecule has 3 nitrogen and oxygen atoms in total. The Bertz CT molecular complexity index is 184. The molecule has 1 fully saturated rings. The smallest absolute Gasteiger partial charge is 0.0590 e. The number of aliphatic hydroxyl groups is 1. The Hall–Kier alpha value is -0.120. The zero-order chi connectivity index (χ0) is 11.4. The lowest BCUT2D eigenvalue weighted by molar-refractivity contribution is 0.0268. The predicted octanol–water partition coefficient (Wildman–Crippen LogP) is 0.920. The van der Waals surface area contributed by atoms with Crippen molar-refractivity contribution in [1.29, 1.82) is 0 Å². The van der Waals surface area contributed by atoms with E-state index in [2.05, 4.69) is 25.7 Å². The van der Waals surface area contributed by atoms with E-state index < -0.39 is 0 Å². The minimum atomic E-state index is -0.100. The second-order valence-electron chi connectivity index (χ2n) is 5.33. The molecular formula is C12H26N2O. The van der Waals surface area contributed by atoms with Gasteiger partial charge in [0.15, 0.2) is 0 Å². The Morgan fingerprint density at radius 1 is 1.47 bits per heavy atom. The SMILES string of the molecule is CC(C)C(CN)CN1CCC(O)C(C)C1. The van der Waals surface area contributed by atoms with Crippen molar-refractivity contribution in [3.05, 3.63) is 0 Å². The van der Waals surface area contributed by atoms with Gasteiger partial charge in [-0.1, -0.05) is 20.8 Å². The molecule has 0 bridgehead atoms. The quantitative estimate of drug-likeness (QED) is 0.731. The molecule has 0 aromatic heterocycles. The molecule has 0 aliphatic carbocycles. The lowest BCUT2D eigenvalue weighted by atomic mass is 9.92. The lowest BCUT2D eigenvalue weighted by Gasteiger charge is -2.37. The van der Waals surface area contributed by atoms with Crippen molar-refractivity contribution >= 4 is 0 Å². The minimum Gasteiger partial charge on any atom is -0.393 e. The molecule has 3 unspecified atom stereocenters. The third-order valence-electron chi connectivity index (χ3n) is 3.68. The second-order valence-corrected chi connectivity index (χ2v) is 5.33. The summed E-state index contributed by atoms with van der Waals surface area (Å²) in [6, 6.07) is 0. The number of rotatable bonds is 4. The first-order valence-corrected chi connectivity index (χ1v) is 6.15. The molecule has 1 saturated heterocycles. The van der Waals surface area contributed by atoms with Crippen LogP contribution in [0, 0.1) is 17.8 Å². The van der Waals surface area contributed by atoms with E-state index in [-0.39, 0.29) is 6.10 Å². The van der Waals surface area contributed by atoms with E-state index in [4.69, 9.17) is 5.73 Å². The predicted molar refractivity (Wildman–Crippen MR) is 63.6 cm³/mol. The Kier molecular flexibility index (Phi) is 5.03. The van der Waals surface area contributed by atoms with Crippen LogP contribution in [0.15, 0.2) is 0 Å². The number of hydrogen-bond acceptors (Lipinski definition) is 3. The summed E-state index contributed by atoms with van der Waals surface area (Å²) >= 11 is 0. The van der Waals surface area contributed by atoms with Crippen LogP contribution in [0.4, 0.5) is 0 Å². The van der Waals surface area contributed by atoms with E-state index >= 15 is 0 Å². The highest BCUT2D eigenvalue weighted by molar-refractivity contribution is 4.79. The second kappa shape index (κ2) is 5.83. The summed E-state index contributed by atoms with van der Waals surface area (Å²) in [6.45, 7) is 10.5. The van der Waals surface area contributed by atoms with Gasteiger partial charge in [0.2, 0.25) is 0 Å². The van der Waals surface area contributed by atoms with E-state index in [1.54, 1.807) is 0 Å². The van der Waals surface area contributed by atoms with Crippen LogP contribution in [0.5, 0.6) is 0 Å². The lowest BCUT2D eigenvalue weighted by Crippen LogP contribution is -2.45. The first-order chi connectivity index (χ1) is 7.04. The van der Waals surface area contributed by atoms with Crippen LogP contribution in [-0.2, 0) is 0 Å². The minimum absolute atomic E-state index is 0.100. The first kappa shape index (κ1) is 12.9. The van der Waals surface area contributed by atoms with Crippen LogP contribution < -0.4 is 5.73 Å². The third kappa shape index (κ3) is 3.74. The molecule has 3 atom stereocenters. The Labute approximate surface area is 93.6 Å². The zero-order valence-electron chi connectivity index (χ0n) is 10.3. The molecule has 1 aliphatic heterocycles. The molecule has 0 aromatic carbocycles. The Morgan fingerprint density at radius 3 is 2.60 bits per heavy atom. The highest BCUT2D eigenvalue weighted by atomic mass is 16.3. The standard InChI is InChI=1S/C12H26N2O/c1-9(2)11(6-13)8-14-5-4-12(15)10(3)7-14/h9-12,15H,4-8,13H2,1-3H3. The molecule has 15 heavy (non-hydrogen) atoms. The first-order valence-electron chi connectivity index (χ1n) is 6.15. The highest BCUT2D eigenvalue weighted by Crippen LogP contribution is 2.19. The number of hydrogen-bond donors (Lipinski definition) is 2. The number of aliphatic hydroxyl groups excluding tert-OH is 1. The van der Waals surface area contributed by atoms with Gasteiger partial charge in [-0.2, -0.15) is 0 Å². The van der Waals surface area contributed by atoms with Crippen molar-refractivity contribution in [2.45, 2.75) is 33.3 Å². The zero-order valence-corrected chi connectivity index (χ0v) is 10.3. The monoisotopic (exact) mass is 214 g/mol. The van der Waals surface area contributed by atoms with Crippen molar-refractivity contribution in [3.8, 4) is 0 Å². The van der Waals surface area contributed by atoms with Gasteiger partial charge < -0.3 is 15.7 Å². The van der Waals surface area contributed by atoms with E-state index in [9.17, 15) is 5.11 Å². The van der Waals surface area contributed by atoms with E-state index in [0.717, 1.165) is 32.6 Å². The van der Waals surface area contributed by atoms with Gasteiger partial charge in [-0.15, -0.1) is 0 Å². The maximum atomic E-state index is 9.64. The van der Waals surface area contributed by atoms with E-state index in [1.807, 2.05) is 0 Å². The third-order valence-corrected chi connectivity index (χ3v) is 3.68. The van der Waals surface area contributed by atoms with Crippen LogP contribution in [-0.4, -0.2) is 42.3 Å². The fourth-order valence-electron chi connectivity index (χ4n) is 2.27. The highest BCUT2D eigenvalue weighted by Gasteiger charge is 2.26. The maximum Gasteiger partial charge on any atom is 0.0590 e. The molecule has 3 heteroatoms. The van der Waals surface area contributed by atoms with Gasteiger partial charge in [-0.05, 0) is 30.7 Å². The normalized spacial score (nSPS) is 30.8. The van der Waals surface area contributed by atoms with Crippen LogP contribution in [0.1, 0.15) is 27.2 Å². The molecule has 0 aromatic rings. The topological polar surface area (TPSA) is 49.5 Å². The van der Waals surface area contributed by atoms with E-state index in [0.29, 0.717) is 17.8 Å².